The standard InChI is InChI=1S/C30H39N5O7/c1-17(2)12-24(25-15-21(42-35-25)16-26(29(38)39)31-19(4)36)32-28(37)14-20-10-11-23(27(13-20)41-5)34-30(40)33-22-9-7-6-8-18(22)3/h6-11,13,17,21,24,26H,12,14-16H2,1-5H3,(H,31,36)(H,32,37)(H,38,39)(H2,33,34,40). The van der Waals surface area contributed by atoms with Crippen LogP contribution in [0.2, 0.25) is 0 Å². The first kappa shape index (κ1) is 31.9. The molecule has 0 spiro atoms. The van der Waals surface area contributed by atoms with Crippen LogP contribution in [0.4, 0.5) is 16.2 Å². The SMILES string of the molecule is COc1cc(CC(=O)NC(CC(C)C)C2=NOC(CC(NC(C)=O)C(=O)O)C2)ccc1NC(=O)Nc1ccccc1C. The van der Waals surface area contributed by atoms with E-state index in [0.29, 0.717) is 41.2 Å². The number of carbonyl (C=O) groups excluding carboxylic acids is 3. The van der Waals surface area contributed by atoms with Crippen LogP contribution in [0.5, 0.6) is 5.75 Å². The van der Waals surface area contributed by atoms with Gasteiger partial charge in [0.2, 0.25) is 11.8 Å². The van der Waals surface area contributed by atoms with Crippen molar-refractivity contribution in [2.24, 2.45) is 11.1 Å². The van der Waals surface area contributed by atoms with Crippen LogP contribution in [0, 0.1) is 12.8 Å². The Morgan fingerprint density at radius 3 is 2.43 bits per heavy atom. The number of methoxy groups -OCH3 is 1. The fraction of sp³-hybridized carbons (Fsp3) is 0.433. The Labute approximate surface area is 245 Å². The number of carbonyl (C=O) groups is 4. The summed E-state index contributed by atoms with van der Waals surface area (Å²) in [5, 5.41) is 24.6. The second-order valence-electron chi connectivity index (χ2n) is 10.7. The first-order chi connectivity index (χ1) is 19.9. The summed E-state index contributed by atoms with van der Waals surface area (Å²) in [5.74, 6) is -1.20. The molecule has 0 aromatic heterocycles. The van der Waals surface area contributed by atoms with E-state index in [2.05, 4.69) is 26.4 Å². The number of nitrogens with zero attached hydrogens (tertiary/aromatic N) is 1. The second kappa shape index (κ2) is 14.9. The molecule has 3 rings (SSSR count). The maximum Gasteiger partial charge on any atom is 0.326 e. The predicted molar refractivity (Wildman–Crippen MR) is 159 cm³/mol. The average molecular weight is 582 g/mol. The Kier molecular flexibility index (Phi) is 11.3. The monoisotopic (exact) mass is 581 g/mol. The molecule has 1 aliphatic heterocycles. The molecule has 0 bridgehead atoms. The van der Waals surface area contributed by atoms with Gasteiger partial charge in [-0.15, -0.1) is 0 Å². The van der Waals surface area contributed by atoms with Gasteiger partial charge in [-0.25, -0.2) is 9.59 Å². The fourth-order valence-electron chi connectivity index (χ4n) is 4.63. The van der Waals surface area contributed by atoms with E-state index in [1.807, 2.05) is 45.0 Å². The van der Waals surface area contributed by atoms with E-state index in [-0.39, 0.29) is 24.7 Å². The van der Waals surface area contributed by atoms with E-state index < -0.39 is 36.1 Å². The molecule has 1 aliphatic rings. The van der Waals surface area contributed by atoms with Crippen molar-refractivity contribution in [2.75, 3.05) is 17.7 Å². The third-order valence-electron chi connectivity index (χ3n) is 6.65. The zero-order chi connectivity index (χ0) is 30.8. The van der Waals surface area contributed by atoms with Crippen molar-refractivity contribution in [3.63, 3.8) is 0 Å². The molecule has 12 heteroatoms. The number of rotatable bonds is 13. The lowest BCUT2D eigenvalue weighted by Gasteiger charge is -2.21. The Balaban J connectivity index is 1.61. The van der Waals surface area contributed by atoms with Gasteiger partial charge in [-0.2, -0.15) is 0 Å². The molecule has 0 saturated carbocycles. The average Bonchev–Trinajstić information content (AvgIpc) is 3.38. The molecule has 12 nitrogen and oxygen atoms in total. The summed E-state index contributed by atoms with van der Waals surface area (Å²) in [6.07, 6.45) is 0.512. The van der Waals surface area contributed by atoms with Gasteiger partial charge in [-0.1, -0.05) is 43.3 Å². The number of ether oxygens (including phenoxy) is 1. The molecule has 1 heterocycles. The predicted octanol–water partition coefficient (Wildman–Crippen LogP) is 3.85. The molecule has 42 heavy (non-hydrogen) atoms. The Morgan fingerprint density at radius 2 is 1.79 bits per heavy atom. The maximum atomic E-state index is 13.1. The first-order valence-corrected chi connectivity index (χ1v) is 13.8. The molecule has 2 aromatic carbocycles. The largest absolute Gasteiger partial charge is 0.495 e. The highest BCUT2D eigenvalue weighted by Gasteiger charge is 2.32. The van der Waals surface area contributed by atoms with Crippen LogP contribution in [0.25, 0.3) is 0 Å². The van der Waals surface area contributed by atoms with E-state index in [0.717, 1.165) is 5.56 Å². The van der Waals surface area contributed by atoms with Crippen LogP contribution in [-0.2, 0) is 25.6 Å². The molecule has 0 saturated heterocycles. The Hall–Kier alpha value is -4.61. The van der Waals surface area contributed by atoms with Gasteiger partial charge in [0, 0.05) is 25.5 Å². The van der Waals surface area contributed by atoms with Crippen LogP contribution in [0.3, 0.4) is 0 Å². The van der Waals surface area contributed by atoms with Crippen LogP contribution >= 0.6 is 0 Å². The van der Waals surface area contributed by atoms with E-state index in [1.165, 1.54) is 14.0 Å². The van der Waals surface area contributed by atoms with Crippen molar-refractivity contribution in [2.45, 2.75) is 71.6 Å². The van der Waals surface area contributed by atoms with Crippen LogP contribution in [0.15, 0.2) is 47.6 Å². The number of para-hydroxylation sites is 1. The second-order valence-corrected chi connectivity index (χ2v) is 10.7. The topological polar surface area (TPSA) is 167 Å². The highest BCUT2D eigenvalue weighted by atomic mass is 16.6. The van der Waals surface area contributed by atoms with Crippen molar-refractivity contribution < 1.29 is 33.9 Å². The third-order valence-corrected chi connectivity index (χ3v) is 6.65. The number of anilines is 2. The van der Waals surface area contributed by atoms with Gasteiger partial charge in [0.05, 0.1) is 31.0 Å². The van der Waals surface area contributed by atoms with Crippen molar-refractivity contribution in [1.82, 2.24) is 10.6 Å². The quantitative estimate of drug-likeness (QED) is 0.239. The molecule has 5 N–H and O–H groups in total. The minimum atomic E-state index is -1.15. The molecular formula is C30H39N5O7. The number of aliphatic carboxylic acids is 1. The molecule has 4 amide bonds. The number of carboxylic acids is 1. The minimum absolute atomic E-state index is 0.0490. The van der Waals surface area contributed by atoms with Crippen LogP contribution < -0.4 is 26.0 Å². The third kappa shape index (κ3) is 9.50. The zero-order valence-corrected chi connectivity index (χ0v) is 24.5. The Bertz CT molecular complexity index is 1330. The number of hydrogen-bond donors (Lipinski definition) is 5. The maximum absolute atomic E-state index is 13.1. The fourth-order valence-corrected chi connectivity index (χ4v) is 4.63. The summed E-state index contributed by atoms with van der Waals surface area (Å²) < 4.78 is 5.46. The number of carboxylic acid groups (broad SMARTS) is 1. The lowest BCUT2D eigenvalue weighted by atomic mass is 9.94. The summed E-state index contributed by atoms with van der Waals surface area (Å²) in [4.78, 5) is 54.0. The molecule has 2 aromatic rings. The summed E-state index contributed by atoms with van der Waals surface area (Å²) >= 11 is 0. The van der Waals surface area contributed by atoms with Gasteiger partial charge in [0.15, 0.2) is 0 Å². The summed E-state index contributed by atoms with van der Waals surface area (Å²) in [6, 6.07) is 10.6. The van der Waals surface area contributed by atoms with E-state index in [1.54, 1.807) is 18.2 Å². The van der Waals surface area contributed by atoms with Gasteiger partial charge >= 0.3 is 12.0 Å². The van der Waals surface area contributed by atoms with Crippen molar-refractivity contribution in [3.8, 4) is 5.75 Å². The van der Waals surface area contributed by atoms with Crippen molar-refractivity contribution in [3.05, 3.63) is 53.6 Å². The highest BCUT2D eigenvalue weighted by Crippen LogP contribution is 2.27. The number of benzene rings is 2. The molecule has 0 aliphatic carbocycles. The molecule has 3 unspecified atom stereocenters. The van der Waals surface area contributed by atoms with Crippen molar-refractivity contribution in [1.29, 1.82) is 0 Å². The molecule has 0 radical (unpaired) electrons. The normalized spacial score (nSPS) is 15.6. The Morgan fingerprint density at radius 1 is 1.07 bits per heavy atom. The molecule has 3 atom stereocenters. The number of oxime groups is 1. The van der Waals surface area contributed by atoms with Gasteiger partial charge in [-0.05, 0) is 48.6 Å². The minimum Gasteiger partial charge on any atom is -0.495 e. The lowest BCUT2D eigenvalue weighted by molar-refractivity contribution is -0.142. The summed E-state index contributed by atoms with van der Waals surface area (Å²) in [5.41, 5.74) is 3.37. The highest BCUT2D eigenvalue weighted by molar-refractivity contribution is 6.01. The molecule has 0 fully saturated rings. The van der Waals surface area contributed by atoms with E-state index in [4.69, 9.17) is 9.57 Å². The van der Waals surface area contributed by atoms with E-state index in [9.17, 15) is 24.3 Å². The van der Waals surface area contributed by atoms with Crippen molar-refractivity contribution >= 4 is 40.9 Å². The van der Waals surface area contributed by atoms with Gasteiger partial charge in [0.1, 0.15) is 17.9 Å². The van der Waals surface area contributed by atoms with Crippen LogP contribution in [-0.4, -0.2) is 59.9 Å². The number of nitrogens with one attached hydrogen (secondary N) is 4. The molecular weight excluding hydrogens is 542 g/mol. The van der Waals surface area contributed by atoms with Gasteiger partial charge in [-0.3, -0.25) is 9.59 Å². The number of hydrogen-bond acceptors (Lipinski definition) is 7. The lowest BCUT2D eigenvalue weighted by Crippen LogP contribution is -2.43. The summed E-state index contributed by atoms with van der Waals surface area (Å²) in [7, 11) is 1.48. The summed E-state index contributed by atoms with van der Waals surface area (Å²) in [6.45, 7) is 7.20. The molecule has 226 valence electrons. The van der Waals surface area contributed by atoms with E-state index >= 15 is 0 Å². The van der Waals surface area contributed by atoms with Gasteiger partial charge in [0.25, 0.3) is 0 Å². The number of urea groups is 1. The zero-order valence-electron chi connectivity index (χ0n) is 24.5. The number of amides is 4. The smallest absolute Gasteiger partial charge is 0.326 e. The first-order valence-electron chi connectivity index (χ1n) is 13.8. The van der Waals surface area contributed by atoms with Crippen LogP contribution in [0.1, 0.15) is 51.2 Å². The van der Waals surface area contributed by atoms with Gasteiger partial charge < -0.3 is 35.9 Å². The number of aryl methyl sites for hydroxylation is 1.